The quantitative estimate of drug-likeness (QED) is 0.734. The zero-order valence-corrected chi connectivity index (χ0v) is 8.64. The molecule has 2 rings (SSSR count). The van der Waals surface area contributed by atoms with Gasteiger partial charge < -0.3 is 10.5 Å². The van der Waals surface area contributed by atoms with Crippen LogP contribution < -0.4 is 5.73 Å². The van der Waals surface area contributed by atoms with E-state index in [0.717, 1.165) is 6.42 Å². The summed E-state index contributed by atoms with van der Waals surface area (Å²) in [4.78, 5) is 0. The van der Waals surface area contributed by atoms with Crippen molar-refractivity contribution in [2.45, 2.75) is 32.4 Å². The highest BCUT2D eigenvalue weighted by Gasteiger charge is 2.50. The van der Waals surface area contributed by atoms with E-state index in [9.17, 15) is 0 Å². The minimum atomic E-state index is 0.0399. The molecule has 1 aromatic rings. The lowest BCUT2D eigenvalue weighted by Gasteiger charge is -2.50. The van der Waals surface area contributed by atoms with Gasteiger partial charge in [0.05, 0.1) is 12.1 Å². The van der Waals surface area contributed by atoms with Crippen molar-refractivity contribution in [3.05, 3.63) is 0 Å². The molecule has 78 valence electrons. The average Bonchev–Trinajstić information content (AvgIpc) is 2.51. The van der Waals surface area contributed by atoms with Crippen molar-refractivity contribution in [2.24, 2.45) is 5.41 Å². The van der Waals surface area contributed by atoms with Crippen molar-refractivity contribution in [1.82, 2.24) is 20.2 Å². The molecule has 1 aliphatic carbocycles. The second-order valence-corrected chi connectivity index (χ2v) is 4.28. The van der Waals surface area contributed by atoms with Crippen LogP contribution in [0, 0.1) is 5.41 Å². The molecule has 1 aliphatic rings. The zero-order chi connectivity index (χ0) is 10.3. The average molecular weight is 197 g/mol. The first kappa shape index (κ1) is 9.39. The summed E-state index contributed by atoms with van der Waals surface area (Å²) in [5, 5.41) is 11.1. The van der Waals surface area contributed by atoms with Crippen molar-refractivity contribution < 1.29 is 4.74 Å². The van der Waals surface area contributed by atoms with Gasteiger partial charge in [0.1, 0.15) is 0 Å². The van der Waals surface area contributed by atoms with Gasteiger partial charge in [-0.15, -0.1) is 0 Å². The smallest absolute Gasteiger partial charge is 0.240 e. The fourth-order valence-electron chi connectivity index (χ4n) is 2.10. The van der Waals surface area contributed by atoms with E-state index in [1.807, 2.05) is 0 Å². The first-order chi connectivity index (χ1) is 6.57. The number of hydrogen-bond donors (Lipinski definition) is 1. The van der Waals surface area contributed by atoms with Gasteiger partial charge in [-0.05, 0) is 16.8 Å². The third kappa shape index (κ3) is 1.10. The number of methoxy groups -OCH3 is 1. The Bertz CT molecular complexity index is 334. The molecule has 0 spiro atoms. The van der Waals surface area contributed by atoms with Gasteiger partial charge in [0, 0.05) is 12.5 Å². The predicted molar refractivity (Wildman–Crippen MR) is 50.5 cm³/mol. The van der Waals surface area contributed by atoms with Gasteiger partial charge in [-0.2, -0.15) is 0 Å². The van der Waals surface area contributed by atoms with Crippen LogP contribution in [-0.4, -0.2) is 33.4 Å². The molecule has 0 saturated heterocycles. The number of anilines is 1. The summed E-state index contributed by atoms with van der Waals surface area (Å²) in [6.45, 7) is 4.27. The molecule has 1 fully saturated rings. The molecule has 6 nitrogen and oxygen atoms in total. The van der Waals surface area contributed by atoms with Crippen molar-refractivity contribution >= 4 is 5.95 Å². The number of nitrogens with two attached hydrogens (primary N) is 1. The number of ether oxygens (including phenoxy) is 1. The standard InChI is InChI=1S/C8H15N5O/c1-8(2)5(4-6(8)14-3)13-7(9)10-11-12-13/h5-6H,4H2,1-3H3,(H2,9,10,12). The molecule has 2 N–H and O–H groups in total. The summed E-state index contributed by atoms with van der Waals surface area (Å²) < 4.78 is 7.02. The third-order valence-corrected chi connectivity index (χ3v) is 3.22. The Balaban J connectivity index is 2.21. The van der Waals surface area contributed by atoms with Gasteiger partial charge in [-0.25, -0.2) is 4.68 Å². The third-order valence-electron chi connectivity index (χ3n) is 3.22. The highest BCUT2D eigenvalue weighted by atomic mass is 16.5. The zero-order valence-electron chi connectivity index (χ0n) is 8.64. The summed E-state index contributed by atoms with van der Waals surface area (Å²) >= 11 is 0. The van der Waals surface area contributed by atoms with Crippen LogP contribution >= 0.6 is 0 Å². The van der Waals surface area contributed by atoms with Crippen LogP contribution in [0.4, 0.5) is 5.95 Å². The van der Waals surface area contributed by atoms with Crippen LogP contribution in [0.15, 0.2) is 0 Å². The first-order valence-electron chi connectivity index (χ1n) is 4.63. The Morgan fingerprint density at radius 1 is 1.57 bits per heavy atom. The molecule has 1 saturated carbocycles. The lowest BCUT2D eigenvalue weighted by Crippen LogP contribution is -2.51. The molecule has 0 amide bonds. The van der Waals surface area contributed by atoms with E-state index < -0.39 is 0 Å². The number of rotatable bonds is 2. The van der Waals surface area contributed by atoms with Crippen molar-refractivity contribution in [1.29, 1.82) is 0 Å². The number of aromatic nitrogens is 4. The predicted octanol–water partition coefficient (Wildman–Crippen LogP) is 0.241. The maximum absolute atomic E-state index is 5.64. The van der Waals surface area contributed by atoms with E-state index in [-0.39, 0.29) is 17.6 Å². The summed E-state index contributed by atoms with van der Waals surface area (Å²) in [6.07, 6.45) is 1.18. The maximum atomic E-state index is 5.64. The van der Waals surface area contributed by atoms with E-state index >= 15 is 0 Å². The molecular formula is C8H15N5O. The fourth-order valence-corrected chi connectivity index (χ4v) is 2.10. The Morgan fingerprint density at radius 3 is 2.71 bits per heavy atom. The molecule has 0 aromatic carbocycles. The maximum Gasteiger partial charge on any atom is 0.240 e. The first-order valence-corrected chi connectivity index (χ1v) is 4.63. The summed E-state index contributed by atoms with van der Waals surface area (Å²) in [5.41, 5.74) is 5.68. The minimum absolute atomic E-state index is 0.0399. The molecule has 0 radical (unpaired) electrons. The molecular weight excluding hydrogens is 182 g/mol. The second kappa shape index (κ2) is 2.91. The van der Waals surface area contributed by atoms with Crippen LogP contribution in [0.2, 0.25) is 0 Å². The van der Waals surface area contributed by atoms with Crippen LogP contribution in [0.3, 0.4) is 0 Å². The molecule has 1 aromatic heterocycles. The van der Waals surface area contributed by atoms with Gasteiger partial charge in [0.2, 0.25) is 5.95 Å². The molecule has 1 heterocycles. The van der Waals surface area contributed by atoms with E-state index in [2.05, 4.69) is 29.4 Å². The van der Waals surface area contributed by atoms with Gasteiger partial charge in [-0.3, -0.25) is 0 Å². The Kier molecular flexibility index (Phi) is 1.95. The van der Waals surface area contributed by atoms with Gasteiger partial charge >= 0.3 is 0 Å². The number of nitrogens with zero attached hydrogens (tertiary/aromatic N) is 4. The Morgan fingerprint density at radius 2 is 2.29 bits per heavy atom. The summed E-state index contributed by atoms with van der Waals surface area (Å²) in [5.74, 6) is 0.373. The molecule has 2 atom stereocenters. The molecule has 6 heteroatoms. The summed E-state index contributed by atoms with van der Waals surface area (Å²) in [7, 11) is 1.73. The monoisotopic (exact) mass is 197 g/mol. The van der Waals surface area contributed by atoms with E-state index in [1.54, 1.807) is 11.8 Å². The van der Waals surface area contributed by atoms with Gasteiger partial charge in [-0.1, -0.05) is 18.9 Å². The molecule has 0 bridgehead atoms. The Hall–Kier alpha value is -1.17. The van der Waals surface area contributed by atoms with Crippen LogP contribution in [0.5, 0.6) is 0 Å². The highest BCUT2D eigenvalue weighted by molar-refractivity contribution is 5.15. The van der Waals surface area contributed by atoms with E-state index in [4.69, 9.17) is 10.5 Å². The van der Waals surface area contributed by atoms with Crippen LogP contribution in [-0.2, 0) is 4.74 Å². The summed E-state index contributed by atoms with van der Waals surface area (Å²) in [6, 6.07) is 0.238. The Labute approximate surface area is 82.4 Å². The SMILES string of the molecule is COC1CC(n2nnnc2N)C1(C)C. The largest absolute Gasteiger partial charge is 0.381 e. The lowest BCUT2D eigenvalue weighted by atomic mass is 9.64. The van der Waals surface area contributed by atoms with E-state index in [0.29, 0.717) is 5.95 Å². The second-order valence-electron chi connectivity index (χ2n) is 4.28. The lowest BCUT2D eigenvalue weighted by molar-refractivity contribution is -0.116. The molecule has 2 unspecified atom stereocenters. The topological polar surface area (TPSA) is 78.8 Å². The van der Waals surface area contributed by atoms with E-state index in [1.165, 1.54) is 0 Å². The van der Waals surface area contributed by atoms with Crippen molar-refractivity contribution in [2.75, 3.05) is 12.8 Å². The number of tetrazole rings is 1. The molecule has 0 aliphatic heterocycles. The van der Waals surface area contributed by atoms with Crippen LogP contribution in [0.1, 0.15) is 26.3 Å². The number of hydrogen-bond acceptors (Lipinski definition) is 5. The number of nitrogen functional groups attached to an aromatic ring is 1. The highest BCUT2D eigenvalue weighted by Crippen LogP contribution is 2.50. The van der Waals surface area contributed by atoms with Gasteiger partial charge in [0.15, 0.2) is 0 Å². The van der Waals surface area contributed by atoms with Gasteiger partial charge in [0.25, 0.3) is 0 Å². The molecule has 14 heavy (non-hydrogen) atoms. The normalized spacial score (nSPS) is 29.9. The van der Waals surface area contributed by atoms with Crippen molar-refractivity contribution in [3.63, 3.8) is 0 Å². The van der Waals surface area contributed by atoms with Crippen molar-refractivity contribution in [3.8, 4) is 0 Å². The minimum Gasteiger partial charge on any atom is -0.381 e. The van der Waals surface area contributed by atoms with Crippen LogP contribution in [0.25, 0.3) is 0 Å². The fraction of sp³-hybridized carbons (Fsp3) is 0.875.